The van der Waals surface area contributed by atoms with Crippen molar-refractivity contribution in [2.24, 2.45) is 0 Å². The maximum Gasteiger partial charge on any atom is 0.339 e. The number of ether oxygens (including phenoxy) is 1. The molecule has 1 saturated heterocycles. The Balaban J connectivity index is 1.55. The van der Waals surface area contributed by atoms with Crippen LogP contribution in [-0.4, -0.2) is 28.6 Å². The summed E-state index contributed by atoms with van der Waals surface area (Å²) in [6.45, 7) is 2.13. The first kappa shape index (κ1) is 23.4. The van der Waals surface area contributed by atoms with Gasteiger partial charge < -0.3 is 9.15 Å². The van der Waals surface area contributed by atoms with Gasteiger partial charge in [0.25, 0.3) is 11.1 Å². The van der Waals surface area contributed by atoms with Gasteiger partial charge in [-0.3, -0.25) is 14.5 Å². The van der Waals surface area contributed by atoms with E-state index < -0.39 is 5.97 Å². The van der Waals surface area contributed by atoms with E-state index in [-0.39, 0.29) is 39.8 Å². The Labute approximate surface area is 207 Å². The number of thioether (sulfide) groups is 1. The van der Waals surface area contributed by atoms with E-state index in [4.69, 9.17) is 20.8 Å². The molecule has 2 heterocycles. The van der Waals surface area contributed by atoms with Crippen LogP contribution in [0.4, 0.5) is 4.79 Å². The maximum atomic E-state index is 12.8. The third-order valence-electron chi connectivity index (χ3n) is 4.81. The van der Waals surface area contributed by atoms with Crippen LogP contribution in [0.5, 0.6) is 0 Å². The number of furan rings is 1. The van der Waals surface area contributed by atoms with Crippen molar-refractivity contribution in [2.75, 3.05) is 6.61 Å². The fourth-order valence-corrected chi connectivity index (χ4v) is 4.62. The molecule has 0 spiro atoms. The molecule has 1 fully saturated rings. The van der Waals surface area contributed by atoms with E-state index in [0.717, 1.165) is 21.8 Å². The summed E-state index contributed by atoms with van der Waals surface area (Å²) in [4.78, 5) is 38.8. The number of benzene rings is 2. The lowest BCUT2D eigenvalue weighted by molar-refractivity contribution is -0.123. The van der Waals surface area contributed by atoms with E-state index >= 15 is 0 Å². The second-order valence-corrected chi connectivity index (χ2v) is 9.23. The van der Waals surface area contributed by atoms with Crippen LogP contribution in [-0.2, 0) is 16.1 Å². The molecule has 2 aromatic carbocycles. The molecule has 3 aromatic rings. The average molecular weight is 547 g/mol. The highest BCUT2D eigenvalue weighted by atomic mass is 79.9. The Bertz CT molecular complexity index is 1290. The lowest BCUT2D eigenvalue weighted by atomic mass is 10.1. The van der Waals surface area contributed by atoms with Gasteiger partial charge in [-0.1, -0.05) is 45.7 Å². The number of imide groups is 1. The van der Waals surface area contributed by atoms with Crippen LogP contribution in [0, 0.1) is 0 Å². The van der Waals surface area contributed by atoms with Gasteiger partial charge in [-0.05, 0) is 60.6 Å². The van der Waals surface area contributed by atoms with Crippen molar-refractivity contribution in [3.8, 4) is 11.3 Å². The number of carbonyl (C=O) groups is 3. The van der Waals surface area contributed by atoms with E-state index in [0.29, 0.717) is 17.1 Å². The van der Waals surface area contributed by atoms with Gasteiger partial charge in [-0.25, -0.2) is 4.79 Å². The number of halogens is 2. The van der Waals surface area contributed by atoms with Crippen LogP contribution in [0.15, 0.2) is 68.4 Å². The summed E-state index contributed by atoms with van der Waals surface area (Å²) >= 11 is 10.4. The zero-order valence-electron chi connectivity index (χ0n) is 17.3. The van der Waals surface area contributed by atoms with Crippen LogP contribution >= 0.6 is 39.3 Å². The van der Waals surface area contributed by atoms with Crippen LogP contribution in [0.2, 0.25) is 5.02 Å². The van der Waals surface area contributed by atoms with Crippen LogP contribution in [0.1, 0.15) is 28.6 Å². The molecule has 4 rings (SSSR count). The van der Waals surface area contributed by atoms with E-state index in [1.54, 1.807) is 37.3 Å². The molecule has 1 aliphatic heterocycles. The zero-order chi connectivity index (χ0) is 23.5. The van der Waals surface area contributed by atoms with Crippen molar-refractivity contribution in [1.29, 1.82) is 0 Å². The summed E-state index contributed by atoms with van der Waals surface area (Å²) in [5.74, 6) is -0.00964. The molecule has 0 bridgehead atoms. The normalized spacial score (nSPS) is 14.9. The molecule has 0 unspecified atom stereocenters. The van der Waals surface area contributed by atoms with Crippen LogP contribution < -0.4 is 0 Å². The molecule has 1 aromatic heterocycles. The summed E-state index contributed by atoms with van der Waals surface area (Å²) in [6, 6.07) is 15.7. The summed E-state index contributed by atoms with van der Waals surface area (Å²) in [5.41, 5.74) is 1.70. The maximum absolute atomic E-state index is 12.8. The Morgan fingerprint density at radius 2 is 1.97 bits per heavy atom. The lowest BCUT2D eigenvalue weighted by Gasteiger charge is -2.13. The van der Waals surface area contributed by atoms with Gasteiger partial charge in [-0.2, -0.15) is 0 Å². The fourth-order valence-electron chi connectivity index (χ4n) is 3.19. The van der Waals surface area contributed by atoms with Gasteiger partial charge in [0.1, 0.15) is 11.5 Å². The van der Waals surface area contributed by atoms with Crippen molar-refractivity contribution in [1.82, 2.24) is 4.90 Å². The largest absolute Gasteiger partial charge is 0.462 e. The highest BCUT2D eigenvalue weighted by Gasteiger charge is 2.35. The second kappa shape index (κ2) is 9.99. The highest BCUT2D eigenvalue weighted by molar-refractivity contribution is 9.10. The Kier molecular flexibility index (Phi) is 7.07. The average Bonchev–Trinajstić information content (AvgIpc) is 3.36. The number of esters is 1. The summed E-state index contributed by atoms with van der Waals surface area (Å²) in [7, 11) is 0. The van der Waals surface area contributed by atoms with E-state index in [2.05, 4.69) is 15.9 Å². The van der Waals surface area contributed by atoms with Crippen molar-refractivity contribution in [3.05, 3.63) is 85.9 Å². The molecule has 9 heteroatoms. The first-order chi connectivity index (χ1) is 15.9. The molecule has 0 radical (unpaired) electrons. The molecular formula is C24H17BrClNO5S. The first-order valence-corrected chi connectivity index (χ1v) is 11.9. The number of rotatable bonds is 6. The SMILES string of the molecule is CCOC(=O)c1cc(-c2ccc(/C=C3/SC(=O)N(Cc4ccccc4Br)C3=O)o2)ccc1Cl. The van der Waals surface area contributed by atoms with Gasteiger partial charge in [0.05, 0.1) is 28.6 Å². The van der Waals surface area contributed by atoms with Crippen molar-refractivity contribution >= 4 is 62.5 Å². The summed E-state index contributed by atoms with van der Waals surface area (Å²) < 4.78 is 11.7. The van der Waals surface area contributed by atoms with E-state index in [1.807, 2.05) is 24.3 Å². The molecule has 0 atom stereocenters. The smallest absolute Gasteiger partial charge is 0.339 e. The summed E-state index contributed by atoms with van der Waals surface area (Å²) in [5, 5.41) is -0.0618. The lowest BCUT2D eigenvalue weighted by Crippen LogP contribution is -2.27. The molecule has 1 aliphatic rings. The van der Waals surface area contributed by atoms with Gasteiger partial charge in [-0.15, -0.1) is 0 Å². The van der Waals surface area contributed by atoms with Gasteiger partial charge in [0.2, 0.25) is 0 Å². The number of carbonyl (C=O) groups excluding carboxylic acids is 3. The highest BCUT2D eigenvalue weighted by Crippen LogP contribution is 2.35. The molecule has 33 heavy (non-hydrogen) atoms. The fraction of sp³-hybridized carbons (Fsp3) is 0.125. The van der Waals surface area contributed by atoms with Crippen LogP contribution in [0.25, 0.3) is 17.4 Å². The number of amides is 2. The molecule has 0 saturated carbocycles. The summed E-state index contributed by atoms with van der Waals surface area (Å²) in [6.07, 6.45) is 1.54. The monoisotopic (exact) mass is 545 g/mol. The Hall–Kier alpha value is -2.81. The van der Waals surface area contributed by atoms with Gasteiger partial charge in [0, 0.05) is 16.1 Å². The predicted molar refractivity (Wildman–Crippen MR) is 131 cm³/mol. The van der Waals surface area contributed by atoms with Crippen molar-refractivity contribution in [2.45, 2.75) is 13.5 Å². The van der Waals surface area contributed by atoms with E-state index in [9.17, 15) is 14.4 Å². The Morgan fingerprint density at radius 3 is 2.73 bits per heavy atom. The van der Waals surface area contributed by atoms with Gasteiger partial charge in [0.15, 0.2) is 0 Å². The molecule has 2 amide bonds. The minimum absolute atomic E-state index is 0.175. The first-order valence-electron chi connectivity index (χ1n) is 9.93. The van der Waals surface area contributed by atoms with Crippen molar-refractivity contribution in [3.63, 3.8) is 0 Å². The quantitative estimate of drug-likeness (QED) is 0.251. The minimum atomic E-state index is -0.519. The molecule has 0 N–H and O–H groups in total. The molecular weight excluding hydrogens is 530 g/mol. The predicted octanol–water partition coefficient (Wildman–Crippen LogP) is 6.78. The number of nitrogens with zero attached hydrogens (tertiary/aromatic N) is 1. The third kappa shape index (κ3) is 5.08. The van der Waals surface area contributed by atoms with Crippen molar-refractivity contribution < 1.29 is 23.5 Å². The molecule has 0 aliphatic carbocycles. The standard InChI is InChI=1S/C24H17BrClNO5S/c1-2-31-23(29)17-11-14(7-9-19(17)26)20-10-8-16(32-20)12-21-22(28)27(24(30)33-21)13-15-5-3-4-6-18(15)25/h3-12H,2,13H2,1H3/b21-12+. The Morgan fingerprint density at radius 1 is 1.18 bits per heavy atom. The van der Waals surface area contributed by atoms with Crippen LogP contribution in [0.3, 0.4) is 0 Å². The molecule has 168 valence electrons. The van der Waals surface area contributed by atoms with E-state index in [1.165, 1.54) is 11.0 Å². The minimum Gasteiger partial charge on any atom is -0.462 e. The topological polar surface area (TPSA) is 76.8 Å². The molecule has 6 nitrogen and oxygen atoms in total. The van der Waals surface area contributed by atoms with Gasteiger partial charge >= 0.3 is 5.97 Å². The number of hydrogen-bond donors (Lipinski definition) is 0. The third-order valence-corrected chi connectivity index (χ3v) is 6.82. The zero-order valence-corrected chi connectivity index (χ0v) is 20.5. The second-order valence-electron chi connectivity index (χ2n) is 6.98. The number of hydrogen-bond acceptors (Lipinski definition) is 6.